The maximum absolute atomic E-state index is 12.7. The zero-order chi connectivity index (χ0) is 10.7. The van der Waals surface area contributed by atoms with Crippen molar-refractivity contribution in [2.24, 2.45) is 0 Å². The van der Waals surface area contributed by atoms with Crippen molar-refractivity contribution in [3.05, 3.63) is 40.9 Å². The van der Waals surface area contributed by atoms with Gasteiger partial charge in [-0.15, -0.1) is 0 Å². The van der Waals surface area contributed by atoms with Crippen LogP contribution in [-0.2, 0) is 6.54 Å². The van der Waals surface area contributed by atoms with Crippen LogP contribution in [0.25, 0.3) is 0 Å². The summed E-state index contributed by atoms with van der Waals surface area (Å²) in [5, 5.41) is 15.3. The second-order valence-electron chi connectivity index (χ2n) is 4.04. The van der Waals surface area contributed by atoms with Crippen LogP contribution in [0, 0.1) is 11.0 Å². The molecule has 1 N–H and O–H groups in total. The molecule has 0 bridgehead atoms. The summed E-state index contributed by atoms with van der Waals surface area (Å²) >= 11 is 0. The van der Waals surface area contributed by atoms with Gasteiger partial charge in [-0.3, -0.25) is 0 Å². The lowest BCUT2D eigenvalue weighted by Crippen LogP contribution is -2.54. The summed E-state index contributed by atoms with van der Waals surface area (Å²) < 4.78 is 12.5. The fourth-order valence-corrected chi connectivity index (χ4v) is 1.88. The topological polar surface area (TPSA) is 35.1 Å². The van der Waals surface area contributed by atoms with Crippen LogP contribution in [0.5, 0.6) is 0 Å². The number of benzene rings is 1. The standard InChI is InChI=1S/C11H15FN2O/c12-11-3-1-10(2-4-11)9-14(15)7-5-13-6-8-14/h1-4,13H,5-9H2. The number of halogens is 1. The van der Waals surface area contributed by atoms with Crippen LogP contribution in [-0.4, -0.2) is 30.8 Å². The first kappa shape index (κ1) is 10.5. The molecule has 3 nitrogen and oxygen atoms in total. The Hall–Kier alpha value is -0.970. The van der Waals surface area contributed by atoms with Crippen LogP contribution in [0.4, 0.5) is 4.39 Å². The van der Waals surface area contributed by atoms with Crippen molar-refractivity contribution in [2.75, 3.05) is 26.2 Å². The van der Waals surface area contributed by atoms with E-state index in [9.17, 15) is 9.60 Å². The molecule has 1 fully saturated rings. The van der Waals surface area contributed by atoms with Crippen LogP contribution >= 0.6 is 0 Å². The molecular weight excluding hydrogens is 195 g/mol. The number of quaternary nitrogens is 1. The van der Waals surface area contributed by atoms with Gasteiger partial charge in [0.2, 0.25) is 0 Å². The minimum absolute atomic E-state index is 0.196. The second-order valence-corrected chi connectivity index (χ2v) is 4.04. The Kier molecular flexibility index (Phi) is 3.00. The normalized spacial score (nSPS) is 20.1. The number of nitrogens with one attached hydrogen (secondary N) is 1. The fraction of sp³-hybridized carbons (Fsp3) is 0.455. The highest BCUT2D eigenvalue weighted by Gasteiger charge is 2.20. The molecule has 0 aromatic heterocycles. The van der Waals surface area contributed by atoms with Crippen molar-refractivity contribution in [3.8, 4) is 0 Å². The quantitative estimate of drug-likeness (QED) is 0.589. The van der Waals surface area contributed by atoms with Gasteiger partial charge in [0.15, 0.2) is 0 Å². The highest BCUT2D eigenvalue weighted by atomic mass is 19.1. The van der Waals surface area contributed by atoms with Crippen LogP contribution in [0.3, 0.4) is 0 Å². The molecule has 82 valence electrons. The largest absolute Gasteiger partial charge is 0.632 e. The van der Waals surface area contributed by atoms with Crippen LogP contribution in [0.1, 0.15) is 5.56 Å². The first-order valence-corrected chi connectivity index (χ1v) is 5.20. The Bertz CT molecular complexity index is 320. The molecule has 1 saturated heterocycles. The molecule has 1 heterocycles. The van der Waals surface area contributed by atoms with Gasteiger partial charge >= 0.3 is 0 Å². The molecule has 0 amide bonds. The zero-order valence-electron chi connectivity index (χ0n) is 8.58. The summed E-state index contributed by atoms with van der Waals surface area (Å²) in [7, 11) is 0. The summed E-state index contributed by atoms with van der Waals surface area (Å²) in [6, 6.07) is 6.19. The molecule has 0 spiro atoms. The van der Waals surface area contributed by atoms with Crippen molar-refractivity contribution < 1.29 is 9.04 Å². The minimum Gasteiger partial charge on any atom is -0.632 e. The number of hydrogen-bond acceptors (Lipinski definition) is 2. The third kappa shape index (κ3) is 2.75. The molecule has 0 unspecified atom stereocenters. The summed E-state index contributed by atoms with van der Waals surface area (Å²) in [5.41, 5.74) is 0.910. The Balaban J connectivity index is 2.03. The van der Waals surface area contributed by atoms with Crippen molar-refractivity contribution >= 4 is 0 Å². The maximum atomic E-state index is 12.7. The van der Waals surface area contributed by atoms with Crippen molar-refractivity contribution in [1.29, 1.82) is 0 Å². The van der Waals surface area contributed by atoms with Gasteiger partial charge in [-0.25, -0.2) is 4.39 Å². The highest BCUT2D eigenvalue weighted by molar-refractivity contribution is 5.15. The van der Waals surface area contributed by atoms with E-state index < -0.39 is 0 Å². The number of nitrogens with zero attached hydrogens (tertiary/aromatic N) is 1. The molecular formula is C11H15FN2O. The maximum Gasteiger partial charge on any atom is 0.123 e. The van der Waals surface area contributed by atoms with Gasteiger partial charge < -0.3 is 15.2 Å². The van der Waals surface area contributed by atoms with E-state index in [0.717, 1.165) is 18.7 Å². The van der Waals surface area contributed by atoms with E-state index in [2.05, 4.69) is 5.32 Å². The van der Waals surface area contributed by atoms with E-state index >= 15 is 0 Å². The molecule has 15 heavy (non-hydrogen) atoms. The Morgan fingerprint density at radius 3 is 2.40 bits per heavy atom. The van der Waals surface area contributed by atoms with E-state index in [0.29, 0.717) is 19.6 Å². The Labute approximate surface area is 88.7 Å². The smallest absolute Gasteiger partial charge is 0.123 e. The van der Waals surface area contributed by atoms with Crippen molar-refractivity contribution in [1.82, 2.24) is 5.32 Å². The molecule has 0 atom stereocenters. The molecule has 2 rings (SSSR count). The molecule has 0 aliphatic carbocycles. The third-order valence-corrected chi connectivity index (χ3v) is 2.78. The first-order chi connectivity index (χ1) is 7.18. The van der Waals surface area contributed by atoms with Gasteiger partial charge in [0.05, 0.1) is 13.1 Å². The zero-order valence-corrected chi connectivity index (χ0v) is 8.58. The fourth-order valence-electron chi connectivity index (χ4n) is 1.88. The number of hydroxylamine groups is 3. The Morgan fingerprint density at radius 1 is 1.20 bits per heavy atom. The van der Waals surface area contributed by atoms with E-state index in [1.54, 1.807) is 12.1 Å². The molecule has 0 radical (unpaired) electrons. The average molecular weight is 210 g/mol. The lowest BCUT2D eigenvalue weighted by molar-refractivity contribution is -0.895. The SMILES string of the molecule is [O-][N+]1(Cc2ccc(F)cc2)CCNCC1. The number of rotatable bonds is 2. The molecule has 0 saturated carbocycles. The van der Waals surface area contributed by atoms with Gasteiger partial charge in [0.1, 0.15) is 12.4 Å². The molecule has 1 aliphatic rings. The van der Waals surface area contributed by atoms with E-state index in [1.165, 1.54) is 12.1 Å². The number of hydrogen-bond donors (Lipinski definition) is 1. The molecule has 1 aromatic rings. The Morgan fingerprint density at radius 2 is 1.80 bits per heavy atom. The third-order valence-electron chi connectivity index (χ3n) is 2.78. The highest BCUT2D eigenvalue weighted by Crippen LogP contribution is 2.14. The van der Waals surface area contributed by atoms with Gasteiger partial charge in [0.25, 0.3) is 0 Å². The first-order valence-electron chi connectivity index (χ1n) is 5.20. The van der Waals surface area contributed by atoms with Crippen molar-refractivity contribution in [2.45, 2.75) is 6.54 Å². The van der Waals surface area contributed by atoms with E-state index in [-0.39, 0.29) is 10.5 Å². The molecule has 1 aliphatic heterocycles. The average Bonchev–Trinajstić information content (AvgIpc) is 2.22. The van der Waals surface area contributed by atoms with Gasteiger partial charge in [0, 0.05) is 18.7 Å². The molecule has 4 heteroatoms. The van der Waals surface area contributed by atoms with Gasteiger partial charge in [-0.1, -0.05) is 12.1 Å². The lowest BCUT2D eigenvalue weighted by Gasteiger charge is -2.45. The summed E-state index contributed by atoms with van der Waals surface area (Å²) in [6.45, 7) is 3.17. The summed E-state index contributed by atoms with van der Waals surface area (Å²) in [5.74, 6) is -0.253. The summed E-state index contributed by atoms with van der Waals surface area (Å²) in [6.07, 6.45) is 0. The monoisotopic (exact) mass is 210 g/mol. The lowest BCUT2D eigenvalue weighted by atomic mass is 10.2. The van der Waals surface area contributed by atoms with Crippen LogP contribution in [0.15, 0.2) is 24.3 Å². The van der Waals surface area contributed by atoms with E-state index in [4.69, 9.17) is 0 Å². The number of piperazine rings is 1. The van der Waals surface area contributed by atoms with Gasteiger partial charge in [-0.05, 0) is 12.1 Å². The summed E-state index contributed by atoms with van der Waals surface area (Å²) in [4.78, 5) is 0. The second kappa shape index (κ2) is 4.26. The van der Waals surface area contributed by atoms with Crippen LogP contribution in [0.2, 0.25) is 0 Å². The van der Waals surface area contributed by atoms with Gasteiger partial charge in [-0.2, -0.15) is 0 Å². The minimum atomic E-state index is -0.253. The van der Waals surface area contributed by atoms with Crippen LogP contribution < -0.4 is 5.32 Å². The predicted molar refractivity (Wildman–Crippen MR) is 56.3 cm³/mol. The van der Waals surface area contributed by atoms with Crippen molar-refractivity contribution in [3.63, 3.8) is 0 Å². The van der Waals surface area contributed by atoms with E-state index in [1.807, 2.05) is 0 Å². The predicted octanol–water partition coefficient (Wildman–Crippen LogP) is 1.24. The molecule has 1 aromatic carbocycles.